The van der Waals surface area contributed by atoms with E-state index in [0.717, 1.165) is 27.8 Å². The van der Waals surface area contributed by atoms with Crippen molar-refractivity contribution in [3.8, 4) is 5.75 Å². The minimum absolute atomic E-state index is 0.116. The third-order valence-corrected chi connectivity index (χ3v) is 5.43. The fourth-order valence-electron chi connectivity index (χ4n) is 3.75. The molecule has 2 rings (SSSR count). The second-order valence-electron chi connectivity index (χ2n) is 9.67. The molecule has 0 aliphatic carbocycles. The van der Waals surface area contributed by atoms with Gasteiger partial charge >= 0.3 is 0 Å². The van der Waals surface area contributed by atoms with Gasteiger partial charge in [0.15, 0.2) is 6.61 Å². The molecular formula is C27H38N2O3. The Hall–Kier alpha value is -2.82. The normalized spacial score (nSPS) is 12.2. The summed E-state index contributed by atoms with van der Waals surface area (Å²) in [4.78, 5) is 28.1. The molecule has 0 saturated carbocycles. The maximum absolute atomic E-state index is 13.4. The van der Waals surface area contributed by atoms with Crippen molar-refractivity contribution in [2.75, 3.05) is 6.61 Å². The van der Waals surface area contributed by atoms with Crippen LogP contribution in [0.2, 0.25) is 0 Å². The minimum atomic E-state index is -0.578. The van der Waals surface area contributed by atoms with Crippen molar-refractivity contribution < 1.29 is 14.3 Å². The quantitative estimate of drug-likeness (QED) is 0.629. The van der Waals surface area contributed by atoms with Gasteiger partial charge in [0.05, 0.1) is 0 Å². The number of hydrogen-bond donors (Lipinski definition) is 1. The highest BCUT2D eigenvalue weighted by Crippen LogP contribution is 2.24. The van der Waals surface area contributed by atoms with Gasteiger partial charge in [0, 0.05) is 12.1 Å². The number of nitrogens with zero attached hydrogens (tertiary/aromatic N) is 1. The molecule has 174 valence electrons. The summed E-state index contributed by atoms with van der Waals surface area (Å²) in [5.41, 5.74) is 4.96. The molecule has 0 spiro atoms. The molecule has 0 aliphatic heterocycles. The summed E-state index contributed by atoms with van der Waals surface area (Å²) in [7, 11) is 0. The van der Waals surface area contributed by atoms with Crippen molar-refractivity contribution >= 4 is 11.8 Å². The molecule has 2 aromatic rings. The van der Waals surface area contributed by atoms with Gasteiger partial charge in [-0.05, 0) is 83.2 Å². The highest BCUT2D eigenvalue weighted by molar-refractivity contribution is 5.88. The van der Waals surface area contributed by atoms with Gasteiger partial charge in [-0.3, -0.25) is 9.59 Å². The van der Waals surface area contributed by atoms with Crippen molar-refractivity contribution in [1.82, 2.24) is 10.2 Å². The van der Waals surface area contributed by atoms with Crippen molar-refractivity contribution in [1.29, 1.82) is 0 Å². The molecule has 0 aliphatic rings. The van der Waals surface area contributed by atoms with E-state index < -0.39 is 6.04 Å². The highest BCUT2D eigenvalue weighted by atomic mass is 16.5. The molecule has 5 heteroatoms. The van der Waals surface area contributed by atoms with Gasteiger partial charge in [-0.15, -0.1) is 0 Å². The number of benzene rings is 2. The first-order chi connectivity index (χ1) is 14.9. The van der Waals surface area contributed by atoms with E-state index in [1.165, 1.54) is 0 Å². The summed E-state index contributed by atoms with van der Waals surface area (Å²) in [5.74, 6) is 0.350. The van der Waals surface area contributed by atoms with Crippen LogP contribution in [0.3, 0.4) is 0 Å². The first kappa shape index (κ1) is 25.4. The summed E-state index contributed by atoms with van der Waals surface area (Å²) in [5, 5.41) is 3.03. The summed E-state index contributed by atoms with van der Waals surface area (Å²) in [6, 6.07) is 11.5. The molecule has 1 unspecified atom stereocenters. The van der Waals surface area contributed by atoms with Crippen LogP contribution in [0.25, 0.3) is 0 Å². The first-order valence-electron chi connectivity index (χ1n) is 11.3. The zero-order valence-electron chi connectivity index (χ0n) is 20.8. The fraction of sp³-hybridized carbons (Fsp3) is 0.481. The van der Waals surface area contributed by atoms with Gasteiger partial charge in [0.25, 0.3) is 5.91 Å². The fourth-order valence-corrected chi connectivity index (χ4v) is 3.75. The lowest BCUT2D eigenvalue weighted by Gasteiger charge is -2.33. The molecule has 1 N–H and O–H groups in total. The molecule has 0 heterocycles. The van der Waals surface area contributed by atoms with Crippen LogP contribution in [0.5, 0.6) is 5.75 Å². The lowest BCUT2D eigenvalue weighted by Crippen LogP contribution is -2.54. The van der Waals surface area contributed by atoms with Crippen LogP contribution in [-0.4, -0.2) is 34.9 Å². The number of nitrogens with one attached hydrogen (secondary N) is 1. The lowest BCUT2D eigenvalue weighted by atomic mass is 10.0. The van der Waals surface area contributed by atoms with Gasteiger partial charge in [-0.1, -0.05) is 42.8 Å². The molecule has 0 saturated heterocycles. The SMILES string of the molecule is CCC(C(=O)NC(C)(C)C)N(Cc1cccc(C)c1)C(=O)COc1cc(C)cc(C)c1C. The summed E-state index contributed by atoms with van der Waals surface area (Å²) >= 11 is 0. The van der Waals surface area contributed by atoms with Crippen LogP contribution < -0.4 is 10.1 Å². The molecule has 2 aromatic carbocycles. The number of amides is 2. The van der Waals surface area contributed by atoms with Crippen LogP contribution in [0, 0.1) is 27.7 Å². The average Bonchev–Trinajstić information content (AvgIpc) is 2.67. The van der Waals surface area contributed by atoms with Crippen LogP contribution in [0.15, 0.2) is 36.4 Å². The Labute approximate surface area is 193 Å². The molecule has 1 atom stereocenters. The van der Waals surface area contributed by atoms with E-state index in [-0.39, 0.29) is 24.0 Å². The number of rotatable bonds is 8. The standard InChI is InChI=1S/C27H38N2O3/c1-9-23(26(31)28-27(6,7)8)29(16-22-12-10-11-18(2)14-22)25(30)17-32-24-15-19(3)13-20(4)21(24)5/h10-15,23H,9,16-17H2,1-8H3,(H,28,31). The summed E-state index contributed by atoms with van der Waals surface area (Å²) in [6.07, 6.45) is 0.516. The minimum Gasteiger partial charge on any atom is -0.483 e. The topological polar surface area (TPSA) is 58.6 Å². The number of aryl methyl sites for hydroxylation is 3. The van der Waals surface area contributed by atoms with E-state index in [1.807, 2.05) is 85.7 Å². The summed E-state index contributed by atoms with van der Waals surface area (Å²) in [6.45, 7) is 16.0. The summed E-state index contributed by atoms with van der Waals surface area (Å²) < 4.78 is 5.96. The Morgan fingerprint density at radius 2 is 1.72 bits per heavy atom. The van der Waals surface area contributed by atoms with E-state index in [2.05, 4.69) is 11.4 Å². The molecule has 5 nitrogen and oxygen atoms in total. The van der Waals surface area contributed by atoms with Crippen molar-refractivity contribution in [2.24, 2.45) is 0 Å². The van der Waals surface area contributed by atoms with Crippen molar-refractivity contribution in [2.45, 2.75) is 79.9 Å². The molecule has 32 heavy (non-hydrogen) atoms. The van der Waals surface area contributed by atoms with E-state index in [0.29, 0.717) is 18.7 Å². The zero-order valence-corrected chi connectivity index (χ0v) is 20.8. The monoisotopic (exact) mass is 438 g/mol. The number of hydrogen-bond acceptors (Lipinski definition) is 3. The smallest absolute Gasteiger partial charge is 0.261 e. The first-order valence-corrected chi connectivity index (χ1v) is 11.3. The van der Waals surface area contributed by atoms with Gasteiger partial charge in [-0.25, -0.2) is 0 Å². The van der Waals surface area contributed by atoms with E-state index in [1.54, 1.807) is 4.90 Å². The molecule has 0 radical (unpaired) electrons. The molecule has 0 bridgehead atoms. The lowest BCUT2D eigenvalue weighted by molar-refractivity contribution is -0.143. The number of ether oxygens (including phenoxy) is 1. The number of carbonyl (C=O) groups is 2. The third kappa shape index (κ3) is 7.11. The van der Waals surface area contributed by atoms with Gasteiger partial charge in [0.2, 0.25) is 5.91 Å². The zero-order chi connectivity index (χ0) is 24.1. The Morgan fingerprint density at radius 1 is 1.03 bits per heavy atom. The predicted molar refractivity (Wildman–Crippen MR) is 130 cm³/mol. The molecule has 2 amide bonds. The van der Waals surface area contributed by atoms with Gasteiger partial charge in [0.1, 0.15) is 11.8 Å². The van der Waals surface area contributed by atoms with E-state index in [4.69, 9.17) is 4.74 Å². The molecule has 0 fully saturated rings. The highest BCUT2D eigenvalue weighted by Gasteiger charge is 2.31. The van der Waals surface area contributed by atoms with Crippen LogP contribution in [0.1, 0.15) is 61.9 Å². The second kappa shape index (κ2) is 10.7. The van der Waals surface area contributed by atoms with Crippen LogP contribution >= 0.6 is 0 Å². The van der Waals surface area contributed by atoms with Gasteiger partial charge in [-0.2, -0.15) is 0 Å². The Kier molecular flexibility index (Phi) is 8.48. The largest absolute Gasteiger partial charge is 0.483 e. The van der Waals surface area contributed by atoms with Crippen molar-refractivity contribution in [3.05, 3.63) is 64.2 Å². The maximum Gasteiger partial charge on any atom is 0.261 e. The Bertz CT molecular complexity index is 960. The third-order valence-electron chi connectivity index (χ3n) is 5.43. The maximum atomic E-state index is 13.4. The predicted octanol–water partition coefficient (Wildman–Crippen LogP) is 5.02. The molecular weight excluding hydrogens is 400 g/mol. The van der Waals surface area contributed by atoms with Crippen molar-refractivity contribution in [3.63, 3.8) is 0 Å². The van der Waals surface area contributed by atoms with E-state index >= 15 is 0 Å². The van der Waals surface area contributed by atoms with Crippen LogP contribution in [-0.2, 0) is 16.1 Å². The van der Waals surface area contributed by atoms with Gasteiger partial charge < -0.3 is 15.0 Å². The van der Waals surface area contributed by atoms with Crippen LogP contribution in [0.4, 0.5) is 0 Å². The second-order valence-corrected chi connectivity index (χ2v) is 9.67. The molecule has 0 aromatic heterocycles. The number of carbonyl (C=O) groups excluding carboxylic acids is 2. The Balaban J connectivity index is 2.29. The average molecular weight is 439 g/mol. The Morgan fingerprint density at radius 3 is 2.31 bits per heavy atom. The van der Waals surface area contributed by atoms with E-state index in [9.17, 15) is 9.59 Å².